The number of nitriles is 1. The lowest BCUT2D eigenvalue weighted by molar-refractivity contribution is -0.133. The van der Waals surface area contributed by atoms with Crippen LogP contribution in [0.4, 0.5) is 8.78 Å². The molecular weight excluding hydrogens is 390 g/mol. The minimum absolute atomic E-state index is 0.0597. The quantitative estimate of drug-likeness (QED) is 0.686. The molecule has 0 radical (unpaired) electrons. The summed E-state index contributed by atoms with van der Waals surface area (Å²) in [6.07, 6.45) is 0.671. The van der Waals surface area contributed by atoms with E-state index >= 15 is 0 Å². The first-order chi connectivity index (χ1) is 14.5. The average Bonchev–Trinajstić information content (AvgIpc) is 3.28. The number of carbonyl (C=O) groups is 2. The summed E-state index contributed by atoms with van der Waals surface area (Å²) in [5.74, 6) is -2.10. The number of benzene rings is 2. The van der Waals surface area contributed by atoms with Gasteiger partial charge in [-0.3, -0.25) is 9.59 Å². The van der Waals surface area contributed by atoms with Crippen LogP contribution in [0.1, 0.15) is 29.0 Å². The highest BCUT2D eigenvalue weighted by Crippen LogP contribution is 2.40. The number of likely N-dealkylation sites (tertiary alicyclic amines) is 1. The van der Waals surface area contributed by atoms with Crippen LogP contribution in [0.15, 0.2) is 36.4 Å². The van der Waals surface area contributed by atoms with Gasteiger partial charge in [0.15, 0.2) is 0 Å². The molecule has 0 aromatic heterocycles. The van der Waals surface area contributed by atoms with E-state index in [0.717, 1.165) is 5.56 Å². The summed E-state index contributed by atoms with van der Waals surface area (Å²) >= 11 is 0. The van der Waals surface area contributed by atoms with Gasteiger partial charge in [-0.15, -0.1) is 0 Å². The van der Waals surface area contributed by atoms with E-state index < -0.39 is 17.7 Å². The smallest absolute Gasteiger partial charge is 0.227 e. The molecule has 0 unspecified atom stereocenters. The second kappa shape index (κ2) is 8.23. The number of hydrogen-bond acceptors (Lipinski definition) is 4. The molecule has 2 aromatic carbocycles. The first kappa shape index (κ1) is 20.0. The third-order valence-electron chi connectivity index (χ3n) is 5.76. The Morgan fingerprint density at radius 1 is 1.23 bits per heavy atom. The van der Waals surface area contributed by atoms with Crippen molar-refractivity contribution in [2.45, 2.75) is 25.2 Å². The molecule has 0 aliphatic carbocycles. The van der Waals surface area contributed by atoms with Crippen molar-refractivity contribution < 1.29 is 23.1 Å². The summed E-state index contributed by atoms with van der Waals surface area (Å²) in [5, 5.41) is 9.04. The van der Waals surface area contributed by atoms with Gasteiger partial charge in [-0.25, -0.2) is 8.78 Å². The van der Waals surface area contributed by atoms with Gasteiger partial charge in [0.1, 0.15) is 29.7 Å². The summed E-state index contributed by atoms with van der Waals surface area (Å²) in [6, 6.07) is 10.6. The number of carbonyl (C=O) groups excluding carboxylic acids is 2. The van der Waals surface area contributed by atoms with Crippen LogP contribution in [0.25, 0.3) is 0 Å². The van der Waals surface area contributed by atoms with Gasteiger partial charge in [-0.2, -0.15) is 5.26 Å². The van der Waals surface area contributed by atoms with Crippen LogP contribution in [-0.2, 0) is 22.4 Å². The van der Waals surface area contributed by atoms with E-state index in [1.807, 2.05) is 6.07 Å². The van der Waals surface area contributed by atoms with E-state index in [4.69, 9.17) is 10.00 Å². The second-order valence-corrected chi connectivity index (χ2v) is 7.72. The number of ether oxygens (including phenoxy) is 1. The van der Waals surface area contributed by atoms with Gasteiger partial charge in [0.05, 0.1) is 18.6 Å². The van der Waals surface area contributed by atoms with Gasteiger partial charge in [0.25, 0.3) is 0 Å². The van der Waals surface area contributed by atoms with Crippen LogP contribution in [0, 0.1) is 28.9 Å². The summed E-state index contributed by atoms with van der Waals surface area (Å²) in [6.45, 7) is 0.576. The standard InChI is InChI=1S/C23H20F2N2O3/c24-16-3-1-14(2-4-16)9-17(28)11-19-20(13-27(7-6-26)23(19)29)18-10-15-5-8-30-22(15)12-21(18)25/h1-4,10,12,19-20H,5,7-9,11,13H2/t19-,20-/m0/s1. The van der Waals surface area contributed by atoms with Crippen molar-refractivity contribution in [3.63, 3.8) is 0 Å². The molecule has 1 saturated heterocycles. The van der Waals surface area contributed by atoms with Crippen molar-refractivity contribution in [3.8, 4) is 11.8 Å². The fraction of sp³-hybridized carbons (Fsp3) is 0.348. The number of amides is 1. The van der Waals surface area contributed by atoms with Gasteiger partial charge in [-0.1, -0.05) is 12.1 Å². The summed E-state index contributed by atoms with van der Waals surface area (Å²) in [4.78, 5) is 26.9. The van der Waals surface area contributed by atoms with Gasteiger partial charge in [0.2, 0.25) is 5.91 Å². The van der Waals surface area contributed by atoms with E-state index in [9.17, 15) is 18.4 Å². The minimum Gasteiger partial charge on any atom is -0.493 e. The number of ketones is 1. The molecule has 2 atom stereocenters. The lowest BCUT2D eigenvalue weighted by Gasteiger charge is -2.18. The second-order valence-electron chi connectivity index (χ2n) is 7.72. The molecule has 2 aliphatic rings. The molecule has 4 rings (SSSR count). The van der Waals surface area contributed by atoms with Crippen molar-refractivity contribution >= 4 is 11.7 Å². The Labute approximate surface area is 172 Å². The van der Waals surface area contributed by atoms with Gasteiger partial charge >= 0.3 is 0 Å². The molecular formula is C23H20F2N2O3. The van der Waals surface area contributed by atoms with E-state index in [1.54, 1.807) is 6.07 Å². The van der Waals surface area contributed by atoms with Crippen molar-refractivity contribution in [2.24, 2.45) is 5.92 Å². The monoisotopic (exact) mass is 410 g/mol. The molecule has 2 aromatic rings. The lowest BCUT2D eigenvalue weighted by atomic mass is 9.83. The molecule has 2 heterocycles. The number of hydrogen-bond donors (Lipinski definition) is 0. The molecule has 1 amide bonds. The Kier molecular flexibility index (Phi) is 5.49. The predicted molar refractivity (Wildman–Crippen MR) is 104 cm³/mol. The van der Waals surface area contributed by atoms with Gasteiger partial charge in [0, 0.05) is 37.8 Å². The fourth-order valence-corrected chi connectivity index (χ4v) is 4.28. The van der Waals surface area contributed by atoms with Crippen LogP contribution in [0.5, 0.6) is 5.75 Å². The number of Topliss-reactive ketones (excluding diaryl/α,β-unsaturated/α-hetero) is 1. The molecule has 2 aliphatic heterocycles. The number of nitrogens with zero attached hydrogens (tertiary/aromatic N) is 2. The predicted octanol–water partition coefficient (Wildman–Crippen LogP) is 3.17. The molecule has 0 N–H and O–H groups in total. The first-order valence-electron chi connectivity index (χ1n) is 9.83. The normalized spacial score (nSPS) is 20.0. The van der Waals surface area contributed by atoms with Gasteiger partial charge < -0.3 is 9.64 Å². The van der Waals surface area contributed by atoms with Crippen molar-refractivity contribution in [1.29, 1.82) is 5.26 Å². The summed E-state index contributed by atoms with van der Waals surface area (Å²) in [5.41, 5.74) is 1.92. The minimum atomic E-state index is -0.735. The maximum Gasteiger partial charge on any atom is 0.227 e. The van der Waals surface area contributed by atoms with E-state index in [1.165, 1.54) is 35.2 Å². The summed E-state index contributed by atoms with van der Waals surface area (Å²) < 4.78 is 33.3. The van der Waals surface area contributed by atoms with Crippen LogP contribution in [-0.4, -0.2) is 36.3 Å². The van der Waals surface area contributed by atoms with Crippen molar-refractivity contribution in [1.82, 2.24) is 4.90 Å². The highest BCUT2D eigenvalue weighted by Gasteiger charge is 2.43. The zero-order valence-corrected chi connectivity index (χ0v) is 16.2. The zero-order chi connectivity index (χ0) is 21.3. The molecule has 30 heavy (non-hydrogen) atoms. The fourth-order valence-electron chi connectivity index (χ4n) is 4.28. The molecule has 0 bridgehead atoms. The average molecular weight is 410 g/mol. The zero-order valence-electron chi connectivity index (χ0n) is 16.2. The van der Waals surface area contributed by atoms with Gasteiger partial charge in [-0.05, 0) is 34.9 Å². The van der Waals surface area contributed by atoms with E-state index in [0.29, 0.717) is 29.9 Å². The third kappa shape index (κ3) is 3.90. The molecule has 154 valence electrons. The highest BCUT2D eigenvalue weighted by molar-refractivity contribution is 5.90. The van der Waals surface area contributed by atoms with Crippen LogP contribution in [0.2, 0.25) is 0 Å². The van der Waals surface area contributed by atoms with E-state index in [-0.39, 0.29) is 43.4 Å². The Morgan fingerprint density at radius 3 is 2.73 bits per heavy atom. The Hall–Kier alpha value is -3.27. The Bertz CT molecular complexity index is 1030. The summed E-state index contributed by atoms with van der Waals surface area (Å²) in [7, 11) is 0. The maximum absolute atomic E-state index is 14.8. The maximum atomic E-state index is 14.8. The van der Waals surface area contributed by atoms with E-state index in [2.05, 4.69) is 0 Å². The number of fused-ring (bicyclic) bond motifs is 1. The number of rotatable bonds is 6. The van der Waals surface area contributed by atoms with Crippen LogP contribution in [0.3, 0.4) is 0 Å². The highest BCUT2D eigenvalue weighted by atomic mass is 19.1. The van der Waals surface area contributed by atoms with Crippen LogP contribution >= 0.6 is 0 Å². The molecule has 1 fully saturated rings. The topological polar surface area (TPSA) is 70.4 Å². The molecule has 7 heteroatoms. The van der Waals surface area contributed by atoms with Crippen molar-refractivity contribution in [2.75, 3.05) is 19.7 Å². The first-order valence-corrected chi connectivity index (χ1v) is 9.83. The molecule has 0 spiro atoms. The SMILES string of the molecule is N#CCN1C[C@@H](c2cc3c(cc2F)OCC3)[C@H](CC(=O)Cc2ccc(F)cc2)C1=O. The third-order valence-corrected chi connectivity index (χ3v) is 5.76. The Balaban J connectivity index is 1.58. The largest absolute Gasteiger partial charge is 0.493 e. The van der Waals surface area contributed by atoms with Crippen molar-refractivity contribution in [3.05, 3.63) is 64.7 Å². The van der Waals surface area contributed by atoms with Crippen LogP contribution < -0.4 is 4.74 Å². The number of halogens is 2. The molecule has 0 saturated carbocycles. The molecule has 5 nitrogen and oxygen atoms in total. The Morgan fingerprint density at radius 2 is 2.00 bits per heavy atom. The lowest BCUT2D eigenvalue weighted by Crippen LogP contribution is -2.28.